The van der Waals surface area contributed by atoms with Crippen LogP contribution in [0.15, 0.2) is 94.2 Å². The Hall–Kier alpha value is -5.99. The maximum absolute atomic E-state index is 13.2. The maximum Gasteiger partial charge on any atom is 0.435 e. The minimum Gasteiger partial charge on any atom is -0.495 e. The van der Waals surface area contributed by atoms with Crippen LogP contribution in [-0.4, -0.2) is 114 Å². The number of hydrogen-bond acceptors (Lipinski definition) is 10. The zero-order valence-corrected chi connectivity index (χ0v) is 36.9. The van der Waals surface area contributed by atoms with Crippen LogP contribution in [0.5, 0.6) is 11.5 Å². The number of hydrogen-bond donors (Lipinski definition) is 1. The summed E-state index contributed by atoms with van der Waals surface area (Å²) in [6, 6.07) is 19.2. The largest absolute Gasteiger partial charge is 0.495 e. The monoisotopic (exact) mass is 988 g/mol. The molecule has 1 N–H and O–H groups in total. The molecule has 2 saturated heterocycles. The Kier molecular flexibility index (Phi) is 17.4. The lowest BCUT2D eigenvalue weighted by molar-refractivity contribution is -0.142. The topological polar surface area (TPSA) is 138 Å². The molecular formula is C43H45Cl3F6N8O6. The molecule has 2 aliphatic heterocycles. The van der Waals surface area contributed by atoms with Gasteiger partial charge < -0.3 is 37.9 Å². The van der Waals surface area contributed by atoms with Gasteiger partial charge in [-0.25, -0.2) is 0 Å². The Balaban J connectivity index is 0.000000203. The van der Waals surface area contributed by atoms with Gasteiger partial charge in [-0.15, -0.1) is 11.6 Å². The van der Waals surface area contributed by atoms with Crippen molar-refractivity contribution in [2.45, 2.75) is 26.3 Å². The SMILES string of the molecule is C.COc1cc(N2CCN(C(=O)CCl)CC2)ccc1Cl.COc1cc(N2CCN(C(=O)Cn3nc(C(F)(F)F)cc3-c3ccco3)CC2)ccc1Cl.FC(F)(F)c1cc(-c2ccco2)n[nH]1. The van der Waals surface area contributed by atoms with E-state index in [1.807, 2.05) is 35.4 Å². The van der Waals surface area contributed by atoms with Crippen molar-refractivity contribution in [2.75, 3.05) is 82.3 Å². The van der Waals surface area contributed by atoms with E-state index in [1.54, 1.807) is 35.1 Å². The molecular weight excluding hydrogens is 945 g/mol. The Morgan fingerprint density at radius 3 is 1.62 bits per heavy atom. The van der Waals surface area contributed by atoms with Crippen molar-refractivity contribution in [3.05, 3.63) is 107 Å². The van der Waals surface area contributed by atoms with E-state index in [4.69, 9.17) is 53.1 Å². The average molecular weight is 990 g/mol. The van der Waals surface area contributed by atoms with E-state index in [9.17, 15) is 35.9 Å². The van der Waals surface area contributed by atoms with Gasteiger partial charge >= 0.3 is 12.4 Å². The number of benzene rings is 2. The third-order valence-electron chi connectivity index (χ3n) is 10.2. The van der Waals surface area contributed by atoms with Gasteiger partial charge in [-0.3, -0.25) is 19.4 Å². The van der Waals surface area contributed by atoms with Crippen LogP contribution in [0.3, 0.4) is 0 Å². The smallest absolute Gasteiger partial charge is 0.435 e. The summed E-state index contributed by atoms with van der Waals surface area (Å²) < 4.78 is 97.6. The Bertz CT molecular complexity index is 2480. The number of anilines is 2. The molecule has 0 spiro atoms. The van der Waals surface area contributed by atoms with Crippen molar-refractivity contribution in [1.82, 2.24) is 29.8 Å². The molecule has 0 aliphatic carbocycles. The van der Waals surface area contributed by atoms with Crippen LogP contribution in [0.2, 0.25) is 10.0 Å². The number of aromatic amines is 1. The molecule has 2 aromatic carbocycles. The lowest BCUT2D eigenvalue weighted by Gasteiger charge is -2.36. The normalized spacial score (nSPS) is 14.1. The van der Waals surface area contributed by atoms with Crippen molar-refractivity contribution in [1.29, 1.82) is 0 Å². The first-order valence-corrected chi connectivity index (χ1v) is 20.9. The first-order chi connectivity index (χ1) is 31.0. The molecule has 2 aliphatic rings. The minimum atomic E-state index is -4.62. The van der Waals surface area contributed by atoms with Crippen LogP contribution >= 0.6 is 34.8 Å². The average Bonchev–Trinajstić information content (AvgIpc) is 4.15. The number of aromatic nitrogens is 4. The number of alkyl halides is 7. The number of carbonyl (C=O) groups excluding carboxylic acids is 2. The van der Waals surface area contributed by atoms with E-state index in [2.05, 4.69) is 20.0 Å². The molecule has 0 radical (unpaired) electrons. The van der Waals surface area contributed by atoms with Crippen molar-refractivity contribution in [3.63, 3.8) is 0 Å². The first-order valence-electron chi connectivity index (χ1n) is 19.6. The number of amides is 2. The van der Waals surface area contributed by atoms with E-state index in [0.29, 0.717) is 66.6 Å². The van der Waals surface area contributed by atoms with Gasteiger partial charge in [0, 0.05) is 75.9 Å². The number of halogens is 9. The number of nitrogens with zero attached hydrogens (tertiary/aromatic N) is 7. The Morgan fingerprint density at radius 1 is 0.697 bits per heavy atom. The molecule has 8 rings (SSSR count). The summed E-state index contributed by atoms with van der Waals surface area (Å²) in [4.78, 5) is 32.0. The molecule has 0 saturated carbocycles. The van der Waals surface area contributed by atoms with E-state index < -0.39 is 23.7 Å². The van der Waals surface area contributed by atoms with Gasteiger partial charge in [0.2, 0.25) is 11.8 Å². The second-order valence-corrected chi connectivity index (χ2v) is 15.3. The molecule has 0 unspecified atom stereocenters. The highest BCUT2D eigenvalue weighted by Gasteiger charge is 2.36. The summed E-state index contributed by atoms with van der Waals surface area (Å²) >= 11 is 17.6. The zero-order valence-electron chi connectivity index (χ0n) is 34.6. The summed E-state index contributed by atoms with van der Waals surface area (Å²) in [5.74, 6) is 1.47. The van der Waals surface area contributed by atoms with Crippen LogP contribution in [0.1, 0.15) is 18.8 Å². The number of rotatable bonds is 9. The van der Waals surface area contributed by atoms with Crippen LogP contribution < -0.4 is 19.3 Å². The summed E-state index contributed by atoms with van der Waals surface area (Å²) in [5.41, 5.74) is 0.256. The first kappa shape index (κ1) is 51.0. The van der Waals surface area contributed by atoms with Gasteiger partial charge in [-0.05, 0) is 60.7 Å². The molecule has 6 aromatic rings. The van der Waals surface area contributed by atoms with Crippen molar-refractivity contribution < 1.29 is 54.2 Å². The second kappa shape index (κ2) is 22.5. The standard InChI is InChI=1S/C21H20ClF3N4O3.C13H16Cl2N2O2.C8H5F3N2O.CH4/c1-31-18-11-14(4-5-15(18)22)27-6-8-28(9-7-27)20(30)13-29-16(17-3-2-10-32-17)12-19(26-29)21(23,24)25;1-19-12-8-10(2-3-11(12)15)16-4-6-17(7-5-16)13(18)9-14;9-8(10,11)7-4-5(12-13-7)6-2-1-3-14-6;/h2-5,10-12H,6-9,13H2,1H3;2-3,8H,4-7,9H2,1H3;1-4H,(H,12,13);1H4. The fourth-order valence-corrected chi connectivity index (χ4v) is 7.31. The number of nitrogens with one attached hydrogen (secondary N) is 1. The van der Waals surface area contributed by atoms with Gasteiger partial charge in [-0.1, -0.05) is 30.6 Å². The van der Waals surface area contributed by atoms with Crippen molar-refractivity contribution in [3.8, 4) is 34.4 Å². The molecule has 66 heavy (non-hydrogen) atoms. The summed E-state index contributed by atoms with van der Waals surface area (Å²) in [7, 11) is 3.14. The zero-order chi connectivity index (χ0) is 46.9. The van der Waals surface area contributed by atoms with Gasteiger partial charge in [0.15, 0.2) is 17.2 Å². The molecule has 4 aromatic heterocycles. The van der Waals surface area contributed by atoms with E-state index >= 15 is 0 Å². The minimum absolute atomic E-state index is 0. The highest BCUT2D eigenvalue weighted by Crippen LogP contribution is 2.34. The van der Waals surface area contributed by atoms with Gasteiger partial charge in [0.25, 0.3) is 0 Å². The van der Waals surface area contributed by atoms with Crippen LogP contribution in [-0.2, 0) is 28.5 Å². The number of carbonyl (C=O) groups is 2. The summed E-state index contributed by atoms with van der Waals surface area (Å²) in [6.07, 6.45) is -6.30. The predicted molar refractivity (Wildman–Crippen MR) is 237 cm³/mol. The highest BCUT2D eigenvalue weighted by molar-refractivity contribution is 6.32. The molecule has 23 heteroatoms. The van der Waals surface area contributed by atoms with Crippen molar-refractivity contribution >= 4 is 58.0 Å². The molecule has 0 atom stereocenters. The fraction of sp³-hybridized carbons (Fsp3) is 0.349. The summed E-state index contributed by atoms with van der Waals surface area (Å²) in [6.45, 7) is 4.61. The summed E-state index contributed by atoms with van der Waals surface area (Å²) in [5, 5.41) is 10.1. The fourth-order valence-electron chi connectivity index (χ4n) is 6.75. The maximum atomic E-state index is 13.2. The Labute approximate surface area is 390 Å². The van der Waals surface area contributed by atoms with Crippen LogP contribution in [0.25, 0.3) is 22.9 Å². The van der Waals surface area contributed by atoms with Gasteiger partial charge in [0.1, 0.15) is 41.0 Å². The van der Waals surface area contributed by atoms with Gasteiger partial charge in [-0.2, -0.15) is 36.5 Å². The molecule has 2 amide bonds. The van der Waals surface area contributed by atoms with Crippen LogP contribution in [0, 0.1) is 0 Å². The number of piperazine rings is 2. The third-order valence-corrected chi connectivity index (χ3v) is 11.0. The second-order valence-electron chi connectivity index (χ2n) is 14.2. The van der Waals surface area contributed by atoms with E-state index in [-0.39, 0.29) is 48.8 Å². The quantitative estimate of drug-likeness (QED) is 0.110. The van der Waals surface area contributed by atoms with Gasteiger partial charge in [0.05, 0.1) is 36.8 Å². The molecule has 356 valence electrons. The lowest BCUT2D eigenvalue weighted by atomic mass is 10.2. The highest BCUT2D eigenvalue weighted by atomic mass is 35.5. The third kappa shape index (κ3) is 12.9. The molecule has 2 fully saturated rings. The molecule has 6 heterocycles. The van der Waals surface area contributed by atoms with E-state index in [1.165, 1.54) is 31.8 Å². The number of ether oxygens (including phenoxy) is 2. The van der Waals surface area contributed by atoms with Crippen LogP contribution in [0.4, 0.5) is 37.7 Å². The van der Waals surface area contributed by atoms with Crippen molar-refractivity contribution in [2.24, 2.45) is 0 Å². The number of methoxy groups -OCH3 is 2. The Morgan fingerprint density at radius 2 is 1.20 bits per heavy atom. The number of furan rings is 2. The predicted octanol–water partition coefficient (Wildman–Crippen LogP) is 9.73. The molecule has 14 nitrogen and oxygen atoms in total. The number of H-pyrrole nitrogens is 1. The van der Waals surface area contributed by atoms with E-state index in [0.717, 1.165) is 41.3 Å². The molecule has 0 bridgehead atoms. The lowest BCUT2D eigenvalue weighted by Crippen LogP contribution is -2.49.